The first kappa shape index (κ1) is 20.9. The van der Waals surface area contributed by atoms with Crippen LogP contribution in [0.1, 0.15) is 36.5 Å². The van der Waals surface area contributed by atoms with Crippen LogP contribution in [0.2, 0.25) is 0 Å². The van der Waals surface area contributed by atoms with Crippen molar-refractivity contribution in [3.8, 4) is 5.75 Å². The lowest BCUT2D eigenvalue weighted by Gasteiger charge is -2.18. The molecular formula is C20H26N2O4S. The van der Waals surface area contributed by atoms with E-state index in [2.05, 4.69) is 10.3 Å². The number of aryl methyl sites for hydroxylation is 1. The molecule has 0 aliphatic heterocycles. The molecule has 1 atom stereocenters. The lowest BCUT2D eigenvalue weighted by molar-refractivity contribution is -0.145. The molecule has 0 aliphatic carbocycles. The number of esters is 1. The number of thiazole rings is 1. The molecule has 0 saturated carbocycles. The van der Waals surface area contributed by atoms with Gasteiger partial charge in [-0.2, -0.15) is 0 Å². The van der Waals surface area contributed by atoms with Gasteiger partial charge in [0.05, 0.1) is 19.2 Å². The van der Waals surface area contributed by atoms with Gasteiger partial charge in [0.2, 0.25) is 5.91 Å². The third kappa shape index (κ3) is 7.02. The first-order chi connectivity index (χ1) is 12.9. The van der Waals surface area contributed by atoms with Crippen molar-refractivity contribution in [2.24, 2.45) is 5.92 Å². The fourth-order valence-electron chi connectivity index (χ4n) is 2.51. The van der Waals surface area contributed by atoms with E-state index < -0.39 is 12.0 Å². The van der Waals surface area contributed by atoms with E-state index >= 15 is 0 Å². The number of nitrogens with zero attached hydrogens (tertiary/aromatic N) is 1. The average molecular weight is 391 g/mol. The maximum Gasteiger partial charge on any atom is 0.328 e. The van der Waals surface area contributed by atoms with Gasteiger partial charge >= 0.3 is 5.97 Å². The summed E-state index contributed by atoms with van der Waals surface area (Å²) in [5.74, 6) is 0.369. The van der Waals surface area contributed by atoms with Crippen LogP contribution in [0.5, 0.6) is 5.75 Å². The molecule has 146 valence electrons. The first-order valence-corrected chi connectivity index (χ1v) is 9.75. The van der Waals surface area contributed by atoms with Crippen molar-refractivity contribution >= 4 is 23.2 Å². The monoisotopic (exact) mass is 390 g/mol. The number of methoxy groups -OCH3 is 1. The third-order valence-electron chi connectivity index (χ3n) is 3.85. The van der Waals surface area contributed by atoms with Crippen LogP contribution in [0, 0.1) is 12.8 Å². The fraction of sp³-hybridized carbons (Fsp3) is 0.450. The highest BCUT2D eigenvalue weighted by Crippen LogP contribution is 2.16. The van der Waals surface area contributed by atoms with Crippen LogP contribution in [-0.2, 0) is 27.4 Å². The molecule has 2 rings (SSSR count). The lowest BCUT2D eigenvalue weighted by Crippen LogP contribution is -2.43. The van der Waals surface area contributed by atoms with Gasteiger partial charge in [-0.3, -0.25) is 4.79 Å². The lowest BCUT2D eigenvalue weighted by atomic mass is 10.0. The summed E-state index contributed by atoms with van der Waals surface area (Å²) >= 11 is 1.45. The van der Waals surface area contributed by atoms with Gasteiger partial charge in [-0.05, 0) is 31.4 Å². The van der Waals surface area contributed by atoms with Gasteiger partial charge in [-0.25, -0.2) is 9.78 Å². The van der Waals surface area contributed by atoms with Crippen molar-refractivity contribution in [2.75, 3.05) is 7.11 Å². The van der Waals surface area contributed by atoms with Gasteiger partial charge in [0.15, 0.2) is 0 Å². The van der Waals surface area contributed by atoms with Crippen molar-refractivity contribution in [1.29, 1.82) is 0 Å². The van der Waals surface area contributed by atoms with Crippen molar-refractivity contribution in [2.45, 2.75) is 46.3 Å². The van der Waals surface area contributed by atoms with Crippen LogP contribution < -0.4 is 10.1 Å². The molecule has 1 N–H and O–H groups in total. The van der Waals surface area contributed by atoms with Crippen LogP contribution in [0.3, 0.4) is 0 Å². The predicted molar refractivity (Wildman–Crippen MR) is 105 cm³/mol. The van der Waals surface area contributed by atoms with E-state index in [4.69, 9.17) is 9.47 Å². The molecular weight excluding hydrogens is 364 g/mol. The largest absolute Gasteiger partial charge is 0.486 e. The minimum Gasteiger partial charge on any atom is -0.486 e. The Morgan fingerprint density at radius 3 is 2.56 bits per heavy atom. The molecule has 0 radical (unpaired) electrons. The maximum atomic E-state index is 12.3. The van der Waals surface area contributed by atoms with Gasteiger partial charge in [-0.15, -0.1) is 11.3 Å². The van der Waals surface area contributed by atoms with Crippen molar-refractivity contribution < 1.29 is 19.1 Å². The Morgan fingerprint density at radius 1 is 1.22 bits per heavy atom. The van der Waals surface area contributed by atoms with Crippen LogP contribution >= 0.6 is 11.3 Å². The average Bonchev–Trinajstić information content (AvgIpc) is 3.06. The molecule has 1 unspecified atom stereocenters. The summed E-state index contributed by atoms with van der Waals surface area (Å²) in [7, 11) is 1.32. The number of benzene rings is 1. The number of amides is 1. The number of aromatic nitrogens is 1. The molecule has 1 heterocycles. The Balaban J connectivity index is 1.87. The van der Waals surface area contributed by atoms with Crippen molar-refractivity contribution in [3.63, 3.8) is 0 Å². The molecule has 7 heteroatoms. The Hall–Kier alpha value is -2.41. The molecule has 0 bridgehead atoms. The summed E-state index contributed by atoms with van der Waals surface area (Å²) in [5.41, 5.74) is 1.83. The molecule has 0 saturated heterocycles. The highest BCUT2D eigenvalue weighted by atomic mass is 32.1. The normalized spacial score (nSPS) is 11.9. The molecule has 2 aromatic rings. The van der Waals surface area contributed by atoms with Gasteiger partial charge < -0.3 is 14.8 Å². The minimum absolute atomic E-state index is 0.118. The first-order valence-electron chi connectivity index (χ1n) is 8.87. The molecule has 0 fully saturated rings. The Kier molecular flexibility index (Phi) is 7.79. The molecule has 1 amide bonds. The zero-order valence-electron chi connectivity index (χ0n) is 16.2. The fourth-order valence-corrected chi connectivity index (χ4v) is 3.22. The zero-order chi connectivity index (χ0) is 19.8. The summed E-state index contributed by atoms with van der Waals surface area (Å²) in [6, 6.07) is 7.17. The van der Waals surface area contributed by atoms with E-state index in [1.54, 1.807) is 0 Å². The summed E-state index contributed by atoms with van der Waals surface area (Å²) in [6.45, 7) is 6.35. The van der Waals surface area contributed by atoms with Crippen molar-refractivity contribution in [1.82, 2.24) is 10.3 Å². The second kappa shape index (κ2) is 10.1. The second-order valence-electron chi connectivity index (χ2n) is 6.78. The Morgan fingerprint density at radius 2 is 1.93 bits per heavy atom. The van der Waals surface area contributed by atoms with Gasteiger partial charge in [-0.1, -0.05) is 31.5 Å². The number of rotatable bonds is 9. The van der Waals surface area contributed by atoms with Crippen molar-refractivity contribution in [3.05, 3.63) is 45.9 Å². The van der Waals surface area contributed by atoms with Crippen LogP contribution in [0.25, 0.3) is 0 Å². The number of hydrogen-bond acceptors (Lipinski definition) is 6. The number of carbonyl (C=O) groups is 2. The molecule has 1 aromatic heterocycles. The van der Waals surface area contributed by atoms with Gasteiger partial charge in [0.1, 0.15) is 23.4 Å². The number of nitrogens with one attached hydrogen (secondary N) is 1. The van der Waals surface area contributed by atoms with E-state index in [0.717, 1.165) is 10.8 Å². The van der Waals surface area contributed by atoms with E-state index in [-0.39, 0.29) is 18.2 Å². The SMILES string of the molecule is COC(=O)C(CC(C)C)NC(=O)Cc1csc(COc2ccc(C)cc2)n1. The highest BCUT2D eigenvalue weighted by Gasteiger charge is 2.23. The third-order valence-corrected chi connectivity index (χ3v) is 4.72. The molecule has 27 heavy (non-hydrogen) atoms. The standard InChI is InChI=1S/C20H26N2O4S/c1-13(2)9-17(20(24)25-4)22-18(23)10-15-12-27-19(21-15)11-26-16-7-5-14(3)6-8-16/h5-8,12-13,17H,9-11H2,1-4H3,(H,22,23). The molecule has 0 spiro atoms. The Labute approximate surface area is 163 Å². The number of ether oxygens (including phenoxy) is 2. The maximum absolute atomic E-state index is 12.3. The van der Waals surface area contributed by atoms with Crippen LogP contribution in [-0.4, -0.2) is 30.0 Å². The van der Waals surface area contributed by atoms with E-state index in [0.29, 0.717) is 18.7 Å². The summed E-state index contributed by atoms with van der Waals surface area (Å²) in [6.07, 6.45) is 0.651. The molecule has 0 aliphatic rings. The number of hydrogen-bond donors (Lipinski definition) is 1. The quantitative estimate of drug-likeness (QED) is 0.665. The highest BCUT2D eigenvalue weighted by molar-refractivity contribution is 7.09. The van der Waals surface area contributed by atoms with E-state index in [9.17, 15) is 9.59 Å². The topological polar surface area (TPSA) is 77.5 Å². The Bertz CT molecular complexity index is 756. The predicted octanol–water partition coefficient (Wildman–Crippen LogP) is 3.28. The van der Waals surface area contributed by atoms with E-state index in [1.807, 2.05) is 50.4 Å². The zero-order valence-corrected chi connectivity index (χ0v) is 17.0. The summed E-state index contributed by atoms with van der Waals surface area (Å²) < 4.78 is 10.5. The van der Waals surface area contributed by atoms with E-state index in [1.165, 1.54) is 24.0 Å². The van der Waals surface area contributed by atoms with Gasteiger partial charge in [0, 0.05) is 5.38 Å². The molecule has 6 nitrogen and oxygen atoms in total. The van der Waals surface area contributed by atoms with Crippen LogP contribution in [0.15, 0.2) is 29.6 Å². The minimum atomic E-state index is -0.634. The number of carbonyl (C=O) groups excluding carboxylic acids is 2. The summed E-state index contributed by atoms with van der Waals surface area (Å²) in [4.78, 5) is 28.5. The summed E-state index contributed by atoms with van der Waals surface area (Å²) in [5, 5.41) is 5.37. The molecule has 1 aromatic carbocycles. The smallest absolute Gasteiger partial charge is 0.328 e. The van der Waals surface area contributed by atoms with Crippen LogP contribution in [0.4, 0.5) is 0 Å². The second-order valence-corrected chi connectivity index (χ2v) is 7.73. The van der Waals surface area contributed by atoms with Gasteiger partial charge in [0.25, 0.3) is 0 Å².